The summed E-state index contributed by atoms with van der Waals surface area (Å²) in [4.78, 5) is 0. The van der Waals surface area contributed by atoms with E-state index in [1.165, 1.54) is 16.7 Å². The molecule has 1 aromatic carbocycles. The van der Waals surface area contributed by atoms with Crippen LogP contribution in [0.5, 0.6) is 0 Å². The van der Waals surface area contributed by atoms with Gasteiger partial charge in [0.15, 0.2) is 0 Å². The quantitative estimate of drug-likeness (QED) is 0.610. The van der Waals surface area contributed by atoms with Gasteiger partial charge in [0.1, 0.15) is 0 Å². The summed E-state index contributed by atoms with van der Waals surface area (Å²) in [5.41, 5.74) is 4.73. The van der Waals surface area contributed by atoms with Crippen molar-refractivity contribution in [3.63, 3.8) is 0 Å². The fourth-order valence-electron chi connectivity index (χ4n) is 1.44. The molecule has 0 radical (unpaired) electrons. The number of hydrogen-bond donors (Lipinski definition) is 1. The average Bonchev–Trinajstić information content (AvgIpc) is 2.12. The summed E-state index contributed by atoms with van der Waals surface area (Å²) >= 11 is 0. The van der Waals surface area contributed by atoms with Gasteiger partial charge in [0.05, 0.1) is 0 Å². The summed E-state index contributed by atoms with van der Waals surface area (Å²) in [6, 6.07) is 8.29. The van der Waals surface area contributed by atoms with Crippen LogP contribution in [0.25, 0.3) is 11.3 Å². The molecule has 0 unspecified atom stereocenters. The lowest BCUT2D eigenvalue weighted by atomic mass is 9.97. The van der Waals surface area contributed by atoms with Crippen LogP contribution in [0.1, 0.15) is 18.1 Å². The van der Waals surface area contributed by atoms with Crippen molar-refractivity contribution in [3.8, 4) is 0 Å². The van der Waals surface area contributed by atoms with Gasteiger partial charge >= 0.3 is 0 Å². The summed E-state index contributed by atoms with van der Waals surface area (Å²) in [6.45, 7) is 6.03. The van der Waals surface area contributed by atoms with Crippen LogP contribution in [0.2, 0.25) is 0 Å². The Hall–Kier alpha value is -1.50. The fourth-order valence-corrected chi connectivity index (χ4v) is 1.44. The lowest BCUT2D eigenvalue weighted by Gasteiger charge is -2.17. The second-order valence-electron chi connectivity index (χ2n) is 3.00. The average molecular weight is 157 g/mol. The highest BCUT2D eigenvalue weighted by Crippen LogP contribution is 2.26. The van der Waals surface area contributed by atoms with E-state index in [4.69, 9.17) is 0 Å². The molecule has 0 atom stereocenters. The standard InChI is InChI=1S/C11H11N/c1-8-7-12-9(2)11-6-4-3-5-10(8)11/h3-7,12H,2H2,1H3. The minimum atomic E-state index is 0.983. The Morgan fingerprint density at radius 1 is 1.17 bits per heavy atom. The first kappa shape index (κ1) is 7.17. The normalized spacial score (nSPS) is 14.8. The number of rotatable bonds is 0. The molecule has 0 spiro atoms. The van der Waals surface area contributed by atoms with Crippen LogP contribution in [0.4, 0.5) is 0 Å². The smallest absolute Gasteiger partial charge is 0.0386 e. The number of benzene rings is 1. The highest BCUT2D eigenvalue weighted by molar-refractivity contribution is 5.81. The van der Waals surface area contributed by atoms with Gasteiger partial charge in [-0.3, -0.25) is 0 Å². The maximum atomic E-state index is 3.93. The van der Waals surface area contributed by atoms with Crippen molar-refractivity contribution >= 4 is 11.3 Å². The molecule has 60 valence electrons. The van der Waals surface area contributed by atoms with E-state index in [-0.39, 0.29) is 0 Å². The molecule has 0 aliphatic carbocycles. The molecule has 2 rings (SSSR count). The second kappa shape index (κ2) is 2.52. The first-order valence-electron chi connectivity index (χ1n) is 4.01. The van der Waals surface area contributed by atoms with Crippen molar-refractivity contribution in [2.75, 3.05) is 0 Å². The van der Waals surface area contributed by atoms with Crippen LogP contribution in [0.15, 0.2) is 37.0 Å². The fraction of sp³-hybridized carbons (Fsp3) is 0.0909. The Morgan fingerprint density at radius 3 is 2.50 bits per heavy atom. The van der Waals surface area contributed by atoms with E-state index in [0.717, 1.165) is 5.70 Å². The van der Waals surface area contributed by atoms with Gasteiger partial charge in [0, 0.05) is 17.5 Å². The molecule has 1 aliphatic heterocycles. The lowest BCUT2D eigenvalue weighted by molar-refractivity contribution is 1.18. The van der Waals surface area contributed by atoms with E-state index in [9.17, 15) is 0 Å². The first-order valence-corrected chi connectivity index (χ1v) is 4.01. The number of allylic oxidation sites excluding steroid dienone is 1. The molecule has 0 aromatic heterocycles. The minimum absolute atomic E-state index is 0.983. The van der Waals surface area contributed by atoms with Crippen molar-refractivity contribution in [1.82, 2.24) is 5.32 Å². The molecule has 0 saturated heterocycles. The SMILES string of the molecule is C=C1NC=C(C)c2ccccc21. The van der Waals surface area contributed by atoms with Crippen LogP contribution in [0, 0.1) is 0 Å². The van der Waals surface area contributed by atoms with Crippen LogP contribution in [-0.4, -0.2) is 0 Å². The van der Waals surface area contributed by atoms with Crippen LogP contribution in [-0.2, 0) is 0 Å². The number of nitrogens with one attached hydrogen (secondary N) is 1. The zero-order chi connectivity index (χ0) is 8.55. The largest absolute Gasteiger partial charge is 0.361 e. The highest BCUT2D eigenvalue weighted by atomic mass is 14.9. The third kappa shape index (κ3) is 0.944. The molecule has 1 nitrogen and oxygen atoms in total. The Labute approximate surface area is 72.4 Å². The Balaban J connectivity index is 2.66. The van der Waals surface area contributed by atoms with Gasteiger partial charge in [-0.2, -0.15) is 0 Å². The third-order valence-electron chi connectivity index (χ3n) is 2.14. The molecule has 0 bridgehead atoms. The summed E-state index contributed by atoms with van der Waals surface area (Å²) in [5, 5.41) is 3.13. The first-order chi connectivity index (χ1) is 5.79. The second-order valence-corrected chi connectivity index (χ2v) is 3.00. The van der Waals surface area contributed by atoms with Crippen molar-refractivity contribution in [2.24, 2.45) is 0 Å². The molecule has 1 aliphatic rings. The molecule has 12 heavy (non-hydrogen) atoms. The van der Waals surface area contributed by atoms with E-state index in [1.54, 1.807) is 0 Å². The summed E-state index contributed by atoms with van der Waals surface area (Å²) in [5.74, 6) is 0. The molecule has 1 N–H and O–H groups in total. The van der Waals surface area contributed by atoms with E-state index < -0.39 is 0 Å². The van der Waals surface area contributed by atoms with E-state index in [0.29, 0.717) is 0 Å². The topological polar surface area (TPSA) is 12.0 Å². The van der Waals surface area contributed by atoms with E-state index in [1.807, 2.05) is 12.3 Å². The zero-order valence-electron chi connectivity index (χ0n) is 7.09. The maximum Gasteiger partial charge on any atom is 0.0386 e. The zero-order valence-corrected chi connectivity index (χ0v) is 7.09. The van der Waals surface area contributed by atoms with Crippen molar-refractivity contribution in [1.29, 1.82) is 0 Å². The van der Waals surface area contributed by atoms with Crippen LogP contribution in [0.3, 0.4) is 0 Å². The van der Waals surface area contributed by atoms with Gasteiger partial charge in [0.2, 0.25) is 0 Å². The predicted octanol–water partition coefficient (Wildman–Crippen LogP) is 2.62. The highest BCUT2D eigenvalue weighted by Gasteiger charge is 2.09. The number of hydrogen-bond acceptors (Lipinski definition) is 1. The molecular weight excluding hydrogens is 146 g/mol. The Bertz CT molecular complexity index is 361. The predicted molar refractivity (Wildman–Crippen MR) is 52.3 cm³/mol. The third-order valence-corrected chi connectivity index (χ3v) is 2.14. The Morgan fingerprint density at radius 2 is 1.83 bits per heavy atom. The maximum absolute atomic E-state index is 3.93. The molecule has 0 fully saturated rings. The number of fused-ring (bicyclic) bond motifs is 1. The molecule has 1 heterocycles. The molecular formula is C11H11N. The lowest BCUT2D eigenvalue weighted by Crippen LogP contribution is -2.10. The molecule has 0 amide bonds. The van der Waals surface area contributed by atoms with Crippen molar-refractivity contribution in [3.05, 3.63) is 48.2 Å². The summed E-state index contributed by atoms with van der Waals surface area (Å²) in [7, 11) is 0. The van der Waals surface area contributed by atoms with Gasteiger partial charge in [0.25, 0.3) is 0 Å². The molecule has 1 heteroatoms. The monoisotopic (exact) mass is 157 g/mol. The van der Waals surface area contributed by atoms with Gasteiger partial charge in [-0.1, -0.05) is 30.8 Å². The van der Waals surface area contributed by atoms with Gasteiger partial charge in [-0.15, -0.1) is 0 Å². The Kier molecular flexibility index (Phi) is 1.51. The minimum Gasteiger partial charge on any atom is -0.361 e. The van der Waals surface area contributed by atoms with Crippen molar-refractivity contribution in [2.45, 2.75) is 6.92 Å². The molecule has 0 saturated carbocycles. The van der Waals surface area contributed by atoms with E-state index >= 15 is 0 Å². The van der Waals surface area contributed by atoms with Crippen LogP contribution < -0.4 is 5.32 Å². The van der Waals surface area contributed by atoms with Crippen molar-refractivity contribution < 1.29 is 0 Å². The van der Waals surface area contributed by atoms with Gasteiger partial charge in [-0.05, 0) is 18.1 Å². The van der Waals surface area contributed by atoms with E-state index in [2.05, 4.69) is 37.0 Å². The van der Waals surface area contributed by atoms with Crippen LogP contribution >= 0.6 is 0 Å². The summed E-state index contributed by atoms with van der Waals surface area (Å²) in [6.07, 6.45) is 1.99. The molecule has 1 aromatic rings. The summed E-state index contributed by atoms with van der Waals surface area (Å²) < 4.78 is 0. The van der Waals surface area contributed by atoms with Gasteiger partial charge in [-0.25, -0.2) is 0 Å². The van der Waals surface area contributed by atoms with Gasteiger partial charge < -0.3 is 5.32 Å².